The molecule has 0 saturated heterocycles. The molecule has 1 amide bonds. The van der Waals surface area contributed by atoms with Crippen LogP contribution >= 0.6 is 0 Å². The van der Waals surface area contributed by atoms with Gasteiger partial charge in [-0.2, -0.15) is 0 Å². The predicted octanol–water partition coefficient (Wildman–Crippen LogP) is 3.74. The van der Waals surface area contributed by atoms with Crippen LogP contribution in [0.15, 0.2) is 72.8 Å². The summed E-state index contributed by atoms with van der Waals surface area (Å²) in [5, 5.41) is 8.88. The van der Waals surface area contributed by atoms with Crippen LogP contribution in [0.3, 0.4) is 0 Å². The number of rotatable bonds is 9. The van der Waals surface area contributed by atoms with Gasteiger partial charge in [0, 0.05) is 12.2 Å². The van der Waals surface area contributed by atoms with E-state index in [1.807, 2.05) is 24.3 Å². The fourth-order valence-electron chi connectivity index (χ4n) is 4.07. The number of anilines is 1. The Kier molecular flexibility index (Phi) is 7.05. The molecule has 0 spiro atoms. The molecule has 0 fully saturated rings. The summed E-state index contributed by atoms with van der Waals surface area (Å²) in [4.78, 5) is 24.9. The van der Waals surface area contributed by atoms with Gasteiger partial charge in [0.1, 0.15) is 12.4 Å². The van der Waals surface area contributed by atoms with E-state index in [1.54, 1.807) is 4.90 Å². The molecule has 1 aliphatic rings. The molecule has 3 aromatic carbocycles. The van der Waals surface area contributed by atoms with Crippen LogP contribution in [0.2, 0.25) is 0 Å². The highest BCUT2D eigenvalue weighted by molar-refractivity contribution is 6.00. The molecule has 0 radical (unpaired) electrons. The van der Waals surface area contributed by atoms with Crippen LogP contribution in [0.1, 0.15) is 28.7 Å². The Labute approximate surface area is 193 Å². The van der Waals surface area contributed by atoms with E-state index < -0.39 is 12.0 Å². The van der Waals surface area contributed by atoms with E-state index in [9.17, 15) is 9.59 Å². The lowest BCUT2D eigenvalue weighted by molar-refractivity contribution is -0.139. The average Bonchev–Trinajstić information content (AvgIpc) is 3.25. The maximum Gasteiger partial charge on any atom is 0.305 e. The summed E-state index contributed by atoms with van der Waals surface area (Å²) in [6.07, 6.45) is 2.33. The maximum atomic E-state index is 12.5. The van der Waals surface area contributed by atoms with Crippen molar-refractivity contribution in [3.8, 4) is 5.75 Å². The first-order chi connectivity index (χ1) is 16.0. The first-order valence-electron chi connectivity index (χ1n) is 11.2. The highest BCUT2D eigenvalue weighted by atomic mass is 16.5. The Bertz CT molecular complexity index is 1110. The van der Waals surface area contributed by atoms with E-state index in [0.717, 1.165) is 35.4 Å². The summed E-state index contributed by atoms with van der Waals surface area (Å²) in [6.45, 7) is 0.958. The van der Waals surface area contributed by atoms with Gasteiger partial charge in [0.05, 0.1) is 12.5 Å². The number of nitrogens with zero attached hydrogens (tertiary/aromatic N) is 1. The number of hydrogen-bond donors (Lipinski definition) is 2. The molecule has 6 nitrogen and oxygen atoms in total. The van der Waals surface area contributed by atoms with E-state index in [4.69, 9.17) is 15.6 Å². The zero-order valence-electron chi connectivity index (χ0n) is 18.4. The van der Waals surface area contributed by atoms with Gasteiger partial charge in [0.2, 0.25) is 5.91 Å². The lowest BCUT2D eigenvalue weighted by atomic mass is 10.0. The van der Waals surface area contributed by atoms with Crippen molar-refractivity contribution >= 4 is 17.6 Å². The number of ether oxygens (including phenoxy) is 1. The van der Waals surface area contributed by atoms with Gasteiger partial charge in [-0.15, -0.1) is 0 Å². The van der Waals surface area contributed by atoms with Crippen LogP contribution in [0.25, 0.3) is 0 Å². The van der Waals surface area contributed by atoms with Crippen molar-refractivity contribution in [2.24, 2.45) is 5.73 Å². The molecule has 0 aromatic heterocycles. The van der Waals surface area contributed by atoms with Crippen molar-refractivity contribution in [2.45, 2.75) is 38.3 Å². The maximum absolute atomic E-state index is 12.5. The topological polar surface area (TPSA) is 92.9 Å². The second-order valence-corrected chi connectivity index (χ2v) is 8.33. The smallest absolute Gasteiger partial charge is 0.305 e. The quantitative estimate of drug-likeness (QED) is 0.524. The largest absolute Gasteiger partial charge is 0.489 e. The van der Waals surface area contributed by atoms with Crippen molar-refractivity contribution in [3.63, 3.8) is 0 Å². The summed E-state index contributed by atoms with van der Waals surface area (Å²) < 4.78 is 5.98. The van der Waals surface area contributed by atoms with Gasteiger partial charge in [-0.1, -0.05) is 54.6 Å². The fraction of sp³-hybridized carbons (Fsp3) is 0.259. The Balaban J connectivity index is 1.31. The third kappa shape index (κ3) is 5.79. The van der Waals surface area contributed by atoms with Crippen molar-refractivity contribution in [2.75, 3.05) is 11.4 Å². The van der Waals surface area contributed by atoms with E-state index in [2.05, 4.69) is 48.5 Å². The van der Waals surface area contributed by atoms with Gasteiger partial charge in [-0.3, -0.25) is 9.59 Å². The van der Waals surface area contributed by atoms with Gasteiger partial charge >= 0.3 is 5.97 Å². The number of carbonyl (C=O) groups excluding carboxylic acids is 1. The summed E-state index contributed by atoms with van der Waals surface area (Å²) in [6, 6.07) is 23.5. The molecule has 170 valence electrons. The Hall–Kier alpha value is -3.64. The molecule has 6 heteroatoms. The number of aliphatic carboxylic acids is 1. The molecule has 33 heavy (non-hydrogen) atoms. The molecular formula is C27H28N2O4. The Morgan fingerprint density at radius 3 is 2.30 bits per heavy atom. The van der Waals surface area contributed by atoms with Gasteiger partial charge in [0.15, 0.2) is 0 Å². The van der Waals surface area contributed by atoms with E-state index >= 15 is 0 Å². The molecule has 0 bridgehead atoms. The van der Waals surface area contributed by atoms with Crippen LogP contribution in [-0.4, -0.2) is 29.6 Å². The molecule has 0 saturated carbocycles. The fourth-order valence-corrected chi connectivity index (χ4v) is 4.07. The first kappa shape index (κ1) is 22.6. The monoisotopic (exact) mass is 444 g/mol. The predicted molar refractivity (Wildman–Crippen MR) is 127 cm³/mol. The summed E-state index contributed by atoms with van der Waals surface area (Å²) in [5.41, 5.74) is 11.3. The molecule has 1 heterocycles. The number of carboxylic acid groups (broad SMARTS) is 1. The lowest BCUT2D eigenvalue weighted by Gasteiger charge is -2.21. The van der Waals surface area contributed by atoms with Crippen LogP contribution in [0, 0.1) is 0 Å². The number of nitrogens with two attached hydrogens (primary N) is 1. The summed E-state index contributed by atoms with van der Waals surface area (Å²) in [5.74, 6) is -0.702. The summed E-state index contributed by atoms with van der Waals surface area (Å²) in [7, 11) is 0. The van der Waals surface area contributed by atoms with E-state index in [0.29, 0.717) is 19.6 Å². The summed E-state index contributed by atoms with van der Waals surface area (Å²) >= 11 is 0. The molecule has 1 aliphatic heterocycles. The molecule has 3 N–H and O–H groups in total. The highest BCUT2D eigenvalue weighted by Crippen LogP contribution is 2.32. The number of hydrogen-bond acceptors (Lipinski definition) is 4. The number of amides is 1. The number of carbonyl (C=O) groups is 2. The normalized spacial score (nSPS) is 13.4. The third-order valence-electron chi connectivity index (χ3n) is 5.90. The van der Waals surface area contributed by atoms with Gasteiger partial charge < -0.3 is 20.5 Å². The minimum atomic E-state index is -1.08. The van der Waals surface area contributed by atoms with Crippen LogP contribution in [-0.2, 0) is 35.5 Å². The second-order valence-electron chi connectivity index (χ2n) is 8.33. The number of fused-ring (bicyclic) bond motifs is 1. The number of aryl methyl sites for hydroxylation is 2. The molecule has 3 aromatic rings. The Morgan fingerprint density at radius 2 is 1.61 bits per heavy atom. The minimum absolute atomic E-state index is 0.364. The molecule has 4 rings (SSSR count). The van der Waals surface area contributed by atoms with Crippen LogP contribution in [0.5, 0.6) is 5.75 Å². The molecule has 0 unspecified atom stereocenters. The zero-order chi connectivity index (χ0) is 23.2. The van der Waals surface area contributed by atoms with Crippen LogP contribution < -0.4 is 15.4 Å². The lowest BCUT2D eigenvalue weighted by Crippen LogP contribution is -2.44. The van der Waals surface area contributed by atoms with Crippen molar-refractivity contribution in [1.82, 2.24) is 0 Å². The van der Waals surface area contributed by atoms with Crippen molar-refractivity contribution in [3.05, 3.63) is 95.1 Å². The number of carboxylic acids is 1. The van der Waals surface area contributed by atoms with E-state index in [1.165, 1.54) is 11.1 Å². The number of benzene rings is 3. The third-order valence-corrected chi connectivity index (χ3v) is 5.90. The highest BCUT2D eigenvalue weighted by Gasteiger charge is 2.29. The second kappa shape index (κ2) is 10.3. The van der Waals surface area contributed by atoms with E-state index in [-0.39, 0.29) is 12.3 Å². The van der Waals surface area contributed by atoms with Crippen molar-refractivity contribution in [1.29, 1.82) is 0 Å². The Morgan fingerprint density at radius 1 is 0.939 bits per heavy atom. The minimum Gasteiger partial charge on any atom is -0.489 e. The van der Waals surface area contributed by atoms with Crippen LogP contribution in [0.4, 0.5) is 5.69 Å². The molecule has 1 atom stereocenters. The SMILES string of the molecule is N[C@H](CC(=O)O)C(=O)N1CCc2cc(OCc3ccc(CCc4ccccc4)cc3)ccc21. The van der Waals surface area contributed by atoms with Gasteiger partial charge in [-0.25, -0.2) is 0 Å². The standard InChI is InChI=1S/C27H28N2O4/c28-24(17-26(30)31)27(32)29-15-14-22-16-23(12-13-25(22)29)33-18-21-10-8-20(9-11-21)7-6-19-4-2-1-3-5-19/h1-5,8-13,16,24H,6-7,14-15,17-18,28H2,(H,30,31)/t24-/m1/s1. The average molecular weight is 445 g/mol. The van der Waals surface area contributed by atoms with Crippen molar-refractivity contribution < 1.29 is 19.4 Å². The van der Waals surface area contributed by atoms with Gasteiger partial charge in [-0.05, 0) is 59.7 Å². The molecular weight excluding hydrogens is 416 g/mol. The van der Waals surface area contributed by atoms with Gasteiger partial charge in [0.25, 0.3) is 0 Å². The zero-order valence-corrected chi connectivity index (χ0v) is 18.4. The molecule has 0 aliphatic carbocycles. The first-order valence-corrected chi connectivity index (χ1v) is 11.2.